The summed E-state index contributed by atoms with van der Waals surface area (Å²) < 4.78 is 4.80. The first-order chi connectivity index (χ1) is 5.43. The summed E-state index contributed by atoms with van der Waals surface area (Å²) in [5, 5.41) is 0. The Bertz CT molecular complexity index is 153. The van der Waals surface area contributed by atoms with Crippen molar-refractivity contribution in [3.8, 4) is 11.8 Å². The maximum absolute atomic E-state index is 4.80. The summed E-state index contributed by atoms with van der Waals surface area (Å²) >= 11 is 1.95. The van der Waals surface area contributed by atoms with E-state index in [1.54, 1.807) is 7.11 Å². The molecule has 0 N–H and O–H groups in total. The van der Waals surface area contributed by atoms with Crippen molar-refractivity contribution in [2.75, 3.05) is 25.2 Å². The van der Waals surface area contributed by atoms with Crippen molar-refractivity contribution in [3.05, 3.63) is 0 Å². The molecule has 11 heavy (non-hydrogen) atoms. The Morgan fingerprint density at radius 1 is 1.45 bits per heavy atom. The van der Waals surface area contributed by atoms with Crippen molar-refractivity contribution >= 4 is 11.8 Å². The van der Waals surface area contributed by atoms with Crippen LogP contribution < -0.4 is 0 Å². The SMILES string of the molecule is COCC#CCSCC1CC1. The van der Waals surface area contributed by atoms with Gasteiger partial charge in [0, 0.05) is 7.11 Å². The van der Waals surface area contributed by atoms with Crippen LogP contribution in [0.2, 0.25) is 0 Å². The zero-order chi connectivity index (χ0) is 7.94. The number of hydrogen-bond acceptors (Lipinski definition) is 2. The molecule has 1 saturated carbocycles. The smallest absolute Gasteiger partial charge is 0.107 e. The average molecular weight is 170 g/mol. The Balaban J connectivity index is 1.83. The van der Waals surface area contributed by atoms with E-state index in [1.165, 1.54) is 18.6 Å². The predicted molar refractivity (Wildman–Crippen MR) is 49.7 cm³/mol. The Kier molecular flexibility index (Phi) is 4.49. The van der Waals surface area contributed by atoms with Crippen molar-refractivity contribution in [1.29, 1.82) is 0 Å². The minimum Gasteiger partial charge on any atom is -0.372 e. The lowest BCUT2D eigenvalue weighted by molar-refractivity contribution is 0.240. The van der Waals surface area contributed by atoms with E-state index in [9.17, 15) is 0 Å². The van der Waals surface area contributed by atoms with Crippen molar-refractivity contribution < 1.29 is 4.74 Å². The Labute approximate surface area is 72.9 Å². The zero-order valence-electron chi connectivity index (χ0n) is 6.93. The van der Waals surface area contributed by atoms with E-state index >= 15 is 0 Å². The fourth-order valence-corrected chi connectivity index (χ4v) is 1.72. The van der Waals surface area contributed by atoms with E-state index in [-0.39, 0.29) is 0 Å². The van der Waals surface area contributed by atoms with Crippen LogP contribution in [-0.2, 0) is 4.74 Å². The minimum absolute atomic E-state index is 0.573. The molecule has 0 heterocycles. The summed E-state index contributed by atoms with van der Waals surface area (Å²) in [5.41, 5.74) is 0. The maximum atomic E-state index is 4.80. The predicted octanol–water partition coefficient (Wildman–Crippen LogP) is 1.78. The van der Waals surface area contributed by atoms with Gasteiger partial charge in [0.05, 0.1) is 5.75 Å². The van der Waals surface area contributed by atoms with Crippen LogP contribution in [0.3, 0.4) is 0 Å². The van der Waals surface area contributed by atoms with Gasteiger partial charge < -0.3 is 4.74 Å². The lowest BCUT2D eigenvalue weighted by Gasteiger charge is -1.90. The third-order valence-electron chi connectivity index (χ3n) is 1.57. The summed E-state index contributed by atoms with van der Waals surface area (Å²) in [4.78, 5) is 0. The van der Waals surface area contributed by atoms with Gasteiger partial charge in [0.1, 0.15) is 6.61 Å². The minimum atomic E-state index is 0.573. The molecule has 0 aromatic carbocycles. The average Bonchev–Trinajstić information content (AvgIpc) is 2.80. The first-order valence-electron chi connectivity index (χ1n) is 3.96. The van der Waals surface area contributed by atoms with Crippen LogP contribution in [0, 0.1) is 17.8 Å². The van der Waals surface area contributed by atoms with E-state index in [1.807, 2.05) is 11.8 Å². The summed E-state index contributed by atoms with van der Waals surface area (Å²) in [5.74, 6) is 9.29. The molecule has 0 saturated heterocycles. The Morgan fingerprint density at radius 2 is 2.27 bits per heavy atom. The first kappa shape index (κ1) is 8.96. The molecular weight excluding hydrogens is 156 g/mol. The van der Waals surface area contributed by atoms with Crippen molar-refractivity contribution in [2.45, 2.75) is 12.8 Å². The van der Waals surface area contributed by atoms with E-state index in [4.69, 9.17) is 4.74 Å². The summed E-state index contributed by atoms with van der Waals surface area (Å²) in [6, 6.07) is 0. The van der Waals surface area contributed by atoms with Crippen LogP contribution in [0.15, 0.2) is 0 Å². The standard InChI is InChI=1S/C9H14OS/c1-10-6-2-3-7-11-8-9-4-5-9/h9H,4-8H2,1H3. The Hall–Kier alpha value is -0.130. The van der Waals surface area contributed by atoms with Crippen LogP contribution in [-0.4, -0.2) is 25.2 Å². The lowest BCUT2D eigenvalue weighted by atomic mass is 10.5. The van der Waals surface area contributed by atoms with E-state index < -0.39 is 0 Å². The van der Waals surface area contributed by atoms with Gasteiger partial charge in [-0.2, -0.15) is 0 Å². The van der Waals surface area contributed by atoms with E-state index in [2.05, 4.69) is 11.8 Å². The van der Waals surface area contributed by atoms with Crippen LogP contribution in [0.4, 0.5) is 0 Å². The van der Waals surface area contributed by atoms with Crippen LogP contribution in [0.1, 0.15) is 12.8 Å². The molecule has 1 aliphatic carbocycles. The second-order valence-corrected chi connectivity index (χ2v) is 3.78. The van der Waals surface area contributed by atoms with Crippen LogP contribution >= 0.6 is 11.8 Å². The van der Waals surface area contributed by atoms with Gasteiger partial charge in [-0.3, -0.25) is 0 Å². The molecule has 1 nitrogen and oxygen atoms in total. The molecule has 1 fully saturated rings. The topological polar surface area (TPSA) is 9.23 Å². The fourth-order valence-electron chi connectivity index (χ4n) is 0.735. The summed E-state index contributed by atoms with van der Waals surface area (Å²) in [7, 11) is 1.67. The van der Waals surface area contributed by atoms with Gasteiger partial charge in [0.25, 0.3) is 0 Å². The van der Waals surface area contributed by atoms with E-state index in [0.717, 1.165) is 11.7 Å². The van der Waals surface area contributed by atoms with Gasteiger partial charge in [-0.1, -0.05) is 11.8 Å². The molecule has 0 atom stereocenters. The summed E-state index contributed by atoms with van der Waals surface area (Å²) in [6.07, 6.45) is 2.89. The monoisotopic (exact) mass is 170 g/mol. The highest BCUT2D eigenvalue weighted by molar-refractivity contribution is 7.99. The highest BCUT2D eigenvalue weighted by Crippen LogP contribution is 2.31. The molecule has 1 aliphatic rings. The molecular formula is C9H14OS. The molecule has 0 aromatic heterocycles. The molecule has 0 unspecified atom stereocenters. The fraction of sp³-hybridized carbons (Fsp3) is 0.778. The molecule has 0 aliphatic heterocycles. The van der Waals surface area contributed by atoms with Crippen molar-refractivity contribution in [2.24, 2.45) is 5.92 Å². The van der Waals surface area contributed by atoms with Gasteiger partial charge in [-0.15, -0.1) is 11.8 Å². The van der Waals surface area contributed by atoms with Crippen molar-refractivity contribution in [3.63, 3.8) is 0 Å². The molecule has 1 rings (SSSR count). The quantitative estimate of drug-likeness (QED) is 0.470. The Morgan fingerprint density at radius 3 is 2.91 bits per heavy atom. The number of thioether (sulfide) groups is 1. The number of hydrogen-bond donors (Lipinski definition) is 0. The van der Waals surface area contributed by atoms with E-state index in [0.29, 0.717) is 6.61 Å². The summed E-state index contributed by atoms with van der Waals surface area (Å²) in [6.45, 7) is 0.573. The van der Waals surface area contributed by atoms with Gasteiger partial charge in [-0.25, -0.2) is 0 Å². The number of ether oxygens (including phenoxy) is 1. The van der Waals surface area contributed by atoms with Crippen molar-refractivity contribution in [1.82, 2.24) is 0 Å². The van der Waals surface area contributed by atoms with Crippen LogP contribution in [0.25, 0.3) is 0 Å². The highest BCUT2D eigenvalue weighted by atomic mass is 32.2. The molecule has 2 heteroatoms. The number of methoxy groups -OCH3 is 1. The third kappa shape index (κ3) is 5.17. The molecule has 0 bridgehead atoms. The van der Waals surface area contributed by atoms with Gasteiger partial charge in [0.2, 0.25) is 0 Å². The first-order valence-corrected chi connectivity index (χ1v) is 5.11. The van der Waals surface area contributed by atoms with Gasteiger partial charge >= 0.3 is 0 Å². The second-order valence-electron chi connectivity index (χ2n) is 2.75. The third-order valence-corrected chi connectivity index (χ3v) is 2.62. The van der Waals surface area contributed by atoms with Gasteiger partial charge in [0.15, 0.2) is 0 Å². The lowest BCUT2D eigenvalue weighted by Crippen LogP contribution is -1.84. The molecule has 0 amide bonds. The molecule has 0 spiro atoms. The normalized spacial score (nSPS) is 15.7. The van der Waals surface area contributed by atoms with Gasteiger partial charge in [-0.05, 0) is 24.5 Å². The van der Waals surface area contributed by atoms with Crippen LogP contribution in [0.5, 0.6) is 0 Å². The molecule has 62 valence electrons. The number of rotatable bonds is 4. The highest BCUT2D eigenvalue weighted by Gasteiger charge is 2.20. The largest absolute Gasteiger partial charge is 0.372 e. The molecule has 0 radical (unpaired) electrons. The second kappa shape index (κ2) is 5.51. The molecule has 0 aromatic rings. The zero-order valence-corrected chi connectivity index (χ0v) is 7.75. The maximum Gasteiger partial charge on any atom is 0.107 e.